The molecular weight excluding hydrogens is 307 g/mol. The van der Waals surface area contributed by atoms with E-state index in [1.165, 1.54) is 11.1 Å². The highest BCUT2D eigenvalue weighted by atomic mass is 19.1. The molecule has 0 radical (unpaired) electrons. The van der Waals surface area contributed by atoms with Crippen molar-refractivity contribution < 1.29 is 4.39 Å². The molecule has 4 rings (SSSR count). The van der Waals surface area contributed by atoms with E-state index in [-0.39, 0.29) is 6.04 Å². The van der Waals surface area contributed by atoms with E-state index < -0.39 is 6.17 Å². The molecule has 1 aliphatic carbocycles. The normalized spacial score (nSPS) is 23.7. The second kappa shape index (κ2) is 5.81. The summed E-state index contributed by atoms with van der Waals surface area (Å²) in [5.41, 5.74) is 4.39. The van der Waals surface area contributed by atoms with Crippen molar-refractivity contribution in [2.75, 3.05) is 37.8 Å². The number of alkyl halides is 1. The summed E-state index contributed by atoms with van der Waals surface area (Å²) in [6.07, 6.45) is 2.35. The lowest BCUT2D eigenvalue weighted by Gasteiger charge is -2.17. The molecule has 7 heteroatoms. The summed E-state index contributed by atoms with van der Waals surface area (Å²) < 4.78 is 14.1. The number of nitrogens with zero attached hydrogens (tertiary/aromatic N) is 4. The van der Waals surface area contributed by atoms with Crippen LogP contribution in [0.2, 0.25) is 0 Å². The molecule has 2 atom stereocenters. The van der Waals surface area contributed by atoms with Crippen LogP contribution in [0.4, 0.5) is 16.2 Å². The van der Waals surface area contributed by atoms with Crippen LogP contribution in [0.5, 0.6) is 0 Å². The highest BCUT2D eigenvalue weighted by Gasteiger charge is 2.31. The number of likely N-dealkylation sites (tertiary alicyclic amines) is 1. The lowest BCUT2D eigenvalue weighted by Crippen LogP contribution is -2.30. The minimum absolute atomic E-state index is 0.285. The van der Waals surface area contributed by atoms with Crippen molar-refractivity contribution in [2.45, 2.75) is 38.4 Å². The molecule has 0 amide bonds. The second-order valence-electron chi connectivity index (χ2n) is 6.84. The fourth-order valence-electron chi connectivity index (χ4n) is 3.95. The standard InChI is InChI=1S/C17H23FN6/c1-9-10-5-4-6-11(10)14-15(19-2)22-17(23-16(14)20-9)21-13-8-24(3)7-12(13)18/h12-13H,4-8H2,1-3H3,(H2,19,20,21,22,23)/t12-,13-/m0/s1. The van der Waals surface area contributed by atoms with Crippen LogP contribution < -0.4 is 10.6 Å². The molecule has 1 saturated heterocycles. The van der Waals surface area contributed by atoms with Gasteiger partial charge in [-0.25, -0.2) is 9.37 Å². The van der Waals surface area contributed by atoms with Crippen molar-refractivity contribution in [2.24, 2.45) is 0 Å². The van der Waals surface area contributed by atoms with Crippen LogP contribution in [-0.4, -0.2) is 59.3 Å². The molecule has 2 aromatic rings. The van der Waals surface area contributed by atoms with Gasteiger partial charge in [0.1, 0.15) is 12.0 Å². The quantitative estimate of drug-likeness (QED) is 0.896. The van der Waals surface area contributed by atoms with Crippen LogP contribution in [0.25, 0.3) is 11.0 Å². The second-order valence-corrected chi connectivity index (χ2v) is 6.84. The van der Waals surface area contributed by atoms with Gasteiger partial charge < -0.3 is 15.5 Å². The highest BCUT2D eigenvalue weighted by Crippen LogP contribution is 2.34. The highest BCUT2D eigenvalue weighted by molar-refractivity contribution is 5.92. The van der Waals surface area contributed by atoms with Crippen molar-refractivity contribution in [3.8, 4) is 0 Å². The Morgan fingerprint density at radius 2 is 1.92 bits per heavy atom. The molecule has 1 aliphatic heterocycles. The maximum atomic E-state index is 14.1. The van der Waals surface area contributed by atoms with Gasteiger partial charge in [0.05, 0.1) is 11.4 Å². The molecule has 0 aromatic carbocycles. The van der Waals surface area contributed by atoms with Crippen molar-refractivity contribution in [3.63, 3.8) is 0 Å². The summed E-state index contributed by atoms with van der Waals surface area (Å²) in [6.45, 7) is 3.13. The number of hydrogen-bond acceptors (Lipinski definition) is 6. The van der Waals surface area contributed by atoms with E-state index in [4.69, 9.17) is 0 Å². The first kappa shape index (κ1) is 15.5. The Hall–Kier alpha value is -2.02. The third-order valence-corrected chi connectivity index (χ3v) is 5.10. The Labute approximate surface area is 140 Å². The van der Waals surface area contributed by atoms with Gasteiger partial charge >= 0.3 is 0 Å². The molecule has 0 bridgehead atoms. The molecular formula is C17H23FN6. The van der Waals surface area contributed by atoms with Gasteiger partial charge in [0.15, 0.2) is 5.65 Å². The third kappa shape index (κ3) is 2.47. The predicted octanol–water partition coefficient (Wildman–Crippen LogP) is 1.93. The van der Waals surface area contributed by atoms with E-state index in [9.17, 15) is 4.39 Å². The van der Waals surface area contributed by atoms with E-state index in [0.717, 1.165) is 36.2 Å². The SMILES string of the molecule is CNc1nc(N[C@H]2CN(C)C[C@@H]2F)nc2nc(C)c3c(c12)CCC3. The first-order chi connectivity index (χ1) is 11.6. The number of anilines is 2. The Balaban J connectivity index is 1.77. The molecule has 128 valence electrons. The van der Waals surface area contributed by atoms with Crippen LogP contribution in [-0.2, 0) is 12.8 Å². The first-order valence-corrected chi connectivity index (χ1v) is 8.54. The third-order valence-electron chi connectivity index (χ3n) is 5.10. The average Bonchev–Trinajstić information content (AvgIpc) is 3.14. The zero-order valence-electron chi connectivity index (χ0n) is 14.4. The fraction of sp³-hybridized carbons (Fsp3) is 0.588. The monoisotopic (exact) mass is 330 g/mol. The zero-order chi connectivity index (χ0) is 16.8. The number of aryl methyl sites for hydroxylation is 2. The topological polar surface area (TPSA) is 66.0 Å². The maximum Gasteiger partial charge on any atom is 0.227 e. The van der Waals surface area contributed by atoms with Crippen molar-refractivity contribution in [1.29, 1.82) is 0 Å². The van der Waals surface area contributed by atoms with Gasteiger partial charge in [-0.05, 0) is 44.4 Å². The molecule has 0 saturated carbocycles. The van der Waals surface area contributed by atoms with Crippen LogP contribution in [0.3, 0.4) is 0 Å². The molecule has 0 unspecified atom stereocenters. The van der Waals surface area contributed by atoms with Gasteiger partial charge in [0.25, 0.3) is 0 Å². The Kier molecular flexibility index (Phi) is 3.75. The smallest absolute Gasteiger partial charge is 0.227 e. The lowest BCUT2D eigenvalue weighted by atomic mass is 10.1. The minimum Gasteiger partial charge on any atom is -0.372 e. The predicted molar refractivity (Wildman–Crippen MR) is 93.4 cm³/mol. The summed E-state index contributed by atoms with van der Waals surface area (Å²) >= 11 is 0. The molecule has 3 heterocycles. The van der Waals surface area contributed by atoms with Crippen LogP contribution in [0.1, 0.15) is 23.2 Å². The summed E-state index contributed by atoms with van der Waals surface area (Å²) in [5.74, 6) is 1.22. The molecule has 2 aromatic heterocycles. The number of nitrogens with one attached hydrogen (secondary N) is 2. The van der Waals surface area contributed by atoms with Gasteiger partial charge in [-0.1, -0.05) is 0 Å². The largest absolute Gasteiger partial charge is 0.372 e. The lowest BCUT2D eigenvalue weighted by molar-refractivity contribution is 0.314. The molecule has 24 heavy (non-hydrogen) atoms. The maximum absolute atomic E-state index is 14.1. The fourth-order valence-corrected chi connectivity index (χ4v) is 3.95. The van der Waals surface area contributed by atoms with E-state index in [0.29, 0.717) is 24.7 Å². The Bertz CT molecular complexity index is 792. The number of aromatic nitrogens is 3. The van der Waals surface area contributed by atoms with Crippen LogP contribution in [0.15, 0.2) is 0 Å². The molecule has 6 nitrogen and oxygen atoms in total. The van der Waals surface area contributed by atoms with Gasteiger partial charge in [-0.15, -0.1) is 0 Å². The van der Waals surface area contributed by atoms with E-state index in [1.807, 2.05) is 25.9 Å². The summed E-state index contributed by atoms with van der Waals surface area (Å²) in [7, 11) is 3.77. The Morgan fingerprint density at radius 3 is 2.62 bits per heavy atom. The molecule has 1 fully saturated rings. The molecule has 2 aliphatic rings. The van der Waals surface area contributed by atoms with Gasteiger partial charge in [-0.3, -0.25) is 0 Å². The van der Waals surface area contributed by atoms with Crippen molar-refractivity contribution >= 4 is 22.8 Å². The first-order valence-electron chi connectivity index (χ1n) is 8.54. The van der Waals surface area contributed by atoms with Crippen molar-refractivity contribution in [3.05, 3.63) is 16.8 Å². The molecule has 0 spiro atoms. The number of hydrogen-bond donors (Lipinski definition) is 2. The number of halogens is 1. The number of likely N-dealkylation sites (N-methyl/N-ethyl adjacent to an activating group) is 1. The molecule has 2 N–H and O–H groups in total. The van der Waals surface area contributed by atoms with Gasteiger partial charge in [-0.2, -0.15) is 9.97 Å². The van der Waals surface area contributed by atoms with E-state index in [2.05, 4.69) is 25.6 Å². The van der Waals surface area contributed by atoms with Crippen molar-refractivity contribution in [1.82, 2.24) is 19.9 Å². The number of fused-ring (bicyclic) bond motifs is 3. The van der Waals surface area contributed by atoms with Gasteiger partial charge in [0, 0.05) is 25.8 Å². The number of pyridine rings is 1. The number of rotatable bonds is 3. The zero-order valence-corrected chi connectivity index (χ0v) is 14.4. The van der Waals surface area contributed by atoms with E-state index >= 15 is 0 Å². The minimum atomic E-state index is -0.915. The van der Waals surface area contributed by atoms with E-state index in [1.54, 1.807) is 0 Å². The van der Waals surface area contributed by atoms with Crippen LogP contribution >= 0.6 is 0 Å². The van der Waals surface area contributed by atoms with Gasteiger partial charge in [0.2, 0.25) is 5.95 Å². The van der Waals surface area contributed by atoms with Crippen LogP contribution in [0, 0.1) is 6.92 Å². The summed E-state index contributed by atoms with van der Waals surface area (Å²) in [6, 6.07) is -0.285. The summed E-state index contributed by atoms with van der Waals surface area (Å²) in [4.78, 5) is 15.8. The summed E-state index contributed by atoms with van der Waals surface area (Å²) in [5, 5.41) is 7.34. The Morgan fingerprint density at radius 1 is 1.12 bits per heavy atom. The average molecular weight is 330 g/mol.